The molecule has 0 amide bonds. The predicted octanol–water partition coefficient (Wildman–Crippen LogP) is 5.01. The van der Waals surface area contributed by atoms with Gasteiger partial charge in [-0.05, 0) is 18.4 Å². The molecule has 1 heteroatoms. The molecule has 0 spiro atoms. The summed E-state index contributed by atoms with van der Waals surface area (Å²) in [5, 5.41) is 0. The zero-order valence-electron chi connectivity index (χ0n) is 11.6. The van der Waals surface area contributed by atoms with E-state index in [1.54, 1.807) is 0 Å². The molecule has 98 valence electrons. The van der Waals surface area contributed by atoms with Crippen molar-refractivity contribution in [3.05, 3.63) is 48.6 Å². The summed E-state index contributed by atoms with van der Waals surface area (Å²) in [5.74, 6) is 4.90. The largest absolute Gasteiger partial charge is 0.153 e. The summed E-state index contributed by atoms with van der Waals surface area (Å²) in [5.41, 5.74) is 1.29. The first kappa shape index (κ1) is 16.9. The molecule has 0 aromatic heterocycles. The molecule has 1 atom stereocenters. The van der Waals surface area contributed by atoms with Crippen molar-refractivity contribution in [1.29, 1.82) is 0 Å². The summed E-state index contributed by atoms with van der Waals surface area (Å²) < 4.78 is 0. The Labute approximate surface area is 117 Å². The molecule has 0 aliphatic carbocycles. The van der Waals surface area contributed by atoms with E-state index in [1.165, 1.54) is 5.57 Å². The van der Waals surface area contributed by atoms with Gasteiger partial charge in [-0.2, -0.15) is 11.8 Å². The van der Waals surface area contributed by atoms with Gasteiger partial charge in [0.25, 0.3) is 0 Å². The van der Waals surface area contributed by atoms with Crippen LogP contribution in [0.2, 0.25) is 0 Å². The van der Waals surface area contributed by atoms with E-state index in [0.29, 0.717) is 0 Å². The van der Waals surface area contributed by atoms with Gasteiger partial charge in [-0.3, -0.25) is 0 Å². The number of hydrogen-bond acceptors (Lipinski definition) is 1. The summed E-state index contributed by atoms with van der Waals surface area (Å²) in [4.78, 5) is 0. The first-order valence-corrected chi connectivity index (χ1v) is 7.62. The van der Waals surface area contributed by atoms with Crippen molar-refractivity contribution in [3.8, 4) is 12.3 Å². The minimum absolute atomic E-state index is 0.115. The smallest absolute Gasteiger partial charge is 0.0601 e. The molecule has 0 aliphatic rings. The van der Waals surface area contributed by atoms with Gasteiger partial charge in [0, 0.05) is 11.5 Å². The van der Waals surface area contributed by atoms with E-state index in [4.69, 9.17) is 6.42 Å². The topological polar surface area (TPSA) is 0 Å². The molecule has 0 rings (SSSR count). The molecule has 0 aromatic rings. The van der Waals surface area contributed by atoms with Crippen LogP contribution in [0.3, 0.4) is 0 Å². The van der Waals surface area contributed by atoms with Gasteiger partial charge >= 0.3 is 0 Å². The highest BCUT2D eigenvalue weighted by atomic mass is 32.2. The molecule has 0 bridgehead atoms. The second kappa shape index (κ2) is 12.3. The fraction of sp³-hybridized carbons (Fsp3) is 0.412. The molecular weight excluding hydrogens is 236 g/mol. The maximum absolute atomic E-state index is 5.63. The highest BCUT2D eigenvalue weighted by Gasteiger charge is 2.06. The summed E-state index contributed by atoms with van der Waals surface area (Å²) in [6, 6.07) is 0. The lowest BCUT2D eigenvalue weighted by Gasteiger charge is -2.10. The van der Waals surface area contributed by atoms with E-state index in [9.17, 15) is 0 Å². The Kier molecular flexibility index (Phi) is 11.6. The van der Waals surface area contributed by atoms with Crippen LogP contribution in [0.4, 0.5) is 0 Å². The summed E-state index contributed by atoms with van der Waals surface area (Å²) in [6.07, 6.45) is 20.3. The molecule has 0 aromatic carbocycles. The quantitative estimate of drug-likeness (QED) is 0.243. The highest BCUT2D eigenvalue weighted by molar-refractivity contribution is 7.99. The van der Waals surface area contributed by atoms with E-state index in [2.05, 4.69) is 56.7 Å². The van der Waals surface area contributed by atoms with Crippen LogP contribution in [0, 0.1) is 18.3 Å². The van der Waals surface area contributed by atoms with Crippen molar-refractivity contribution in [2.45, 2.75) is 26.7 Å². The molecule has 0 saturated heterocycles. The van der Waals surface area contributed by atoms with Gasteiger partial charge in [-0.1, -0.05) is 56.2 Å². The van der Waals surface area contributed by atoms with E-state index >= 15 is 0 Å². The molecule has 18 heavy (non-hydrogen) atoms. The minimum Gasteiger partial charge on any atom is -0.153 e. The maximum atomic E-state index is 5.63. The minimum atomic E-state index is 0.115. The van der Waals surface area contributed by atoms with Crippen LogP contribution < -0.4 is 0 Å². The molecule has 0 saturated carbocycles. The lowest BCUT2D eigenvalue weighted by molar-refractivity contribution is 0.998. The molecule has 0 fully saturated rings. The van der Waals surface area contributed by atoms with Crippen LogP contribution in [-0.2, 0) is 0 Å². The van der Waals surface area contributed by atoms with Gasteiger partial charge in [0.05, 0.1) is 5.92 Å². The first-order valence-electron chi connectivity index (χ1n) is 6.47. The fourth-order valence-corrected chi connectivity index (χ4v) is 2.18. The van der Waals surface area contributed by atoms with Crippen molar-refractivity contribution in [2.75, 3.05) is 11.5 Å². The Hall–Kier alpha value is -1.13. The SMILES string of the molecule is C#CC(C=CCC)/C(=C/C=C\CC)CSCC=C. The van der Waals surface area contributed by atoms with Gasteiger partial charge < -0.3 is 0 Å². The third kappa shape index (κ3) is 8.03. The van der Waals surface area contributed by atoms with Gasteiger partial charge in [-0.25, -0.2) is 0 Å². The second-order valence-electron chi connectivity index (χ2n) is 3.86. The first-order chi connectivity index (χ1) is 8.79. The zero-order valence-corrected chi connectivity index (χ0v) is 12.4. The monoisotopic (exact) mass is 260 g/mol. The molecule has 0 radical (unpaired) electrons. The Morgan fingerprint density at radius 2 is 2.06 bits per heavy atom. The summed E-state index contributed by atoms with van der Waals surface area (Å²) in [7, 11) is 0. The Morgan fingerprint density at radius 1 is 1.33 bits per heavy atom. The zero-order chi connectivity index (χ0) is 13.6. The van der Waals surface area contributed by atoms with Crippen molar-refractivity contribution in [3.63, 3.8) is 0 Å². The van der Waals surface area contributed by atoms with Gasteiger partial charge in [0.1, 0.15) is 0 Å². The van der Waals surface area contributed by atoms with Gasteiger partial charge in [0.15, 0.2) is 0 Å². The lowest BCUT2D eigenvalue weighted by Crippen LogP contribution is -2.01. The average Bonchev–Trinajstić information content (AvgIpc) is 2.39. The van der Waals surface area contributed by atoms with E-state index < -0.39 is 0 Å². The normalized spacial score (nSPS) is 13.9. The van der Waals surface area contributed by atoms with Crippen molar-refractivity contribution < 1.29 is 0 Å². The highest BCUT2D eigenvalue weighted by Crippen LogP contribution is 2.18. The second-order valence-corrected chi connectivity index (χ2v) is 4.89. The van der Waals surface area contributed by atoms with Crippen LogP contribution in [0.5, 0.6) is 0 Å². The summed E-state index contributed by atoms with van der Waals surface area (Å²) >= 11 is 1.85. The standard InChI is InChI=1S/C17H24S/c1-5-9-11-13-17(15-18-14-7-3)16(8-4)12-10-6-2/h4,7,9-13,16H,3,5-6,14-15H2,1-2H3/b11-9-,12-10?,17-13+. The van der Waals surface area contributed by atoms with Crippen molar-refractivity contribution >= 4 is 11.8 Å². The third-order valence-corrected chi connectivity index (χ3v) is 3.34. The Balaban J connectivity index is 4.75. The van der Waals surface area contributed by atoms with E-state index in [-0.39, 0.29) is 5.92 Å². The number of terminal acetylenes is 1. The third-order valence-electron chi connectivity index (χ3n) is 2.33. The van der Waals surface area contributed by atoms with Crippen LogP contribution in [0.25, 0.3) is 0 Å². The maximum Gasteiger partial charge on any atom is 0.0601 e. The lowest BCUT2D eigenvalue weighted by atomic mass is 10.00. The van der Waals surface area contributed by atoms with Gasteiger partial charge in [0.2, 0.25) is 0 Å². The average molecular weight is 260 g/mol. The fourth-order valence-electron chi connectivity index (χ4n) is 1.39. The van der Waals surface area contributed by atoms with Crippen LogP contribution >= 0.6 is 11.8 Å². The number of hydrogen-bond donors (Lipinski definition) is 0. The summed E-state index contributed by atoms with van der Waals surface area (Å²) in [6.45, 7) is 7.99. The van der Waals surface area contributed by atoms with E-state index in [1.807, 2.05) is 17.8 Å². The van der Waals surface area contributed by atoms with Crippen LogP contribution in [0.15, 0.2) is 48.6 Å². The predicted molar refractivity (Wildman–Crippen MR) is 86.8 cm³/mol. The van der Waals surface area contributed by atoms with E-state index in [0.717, 1.165) is 24.3 Å². The molecule has 0 heterocycles. The molecular formula is C17H24S. The number of allylic oxidation sites excluding steroid dienone is 5. The van der Waals surface area contributed by atoms with Crippen LogP contribution in [0.1, 0.15) is 26.7 Å². The van der Waals surface area contributed by atoms with Crippen LogP contribution in [-0.4, -0.2) is 11.5 Å². The Bertz CT molecular complexity index is 339. The molecule has 0 N–H and O–H groups in total. The molecule has 0 nitrogen and oxygen atoms in total. The van der Waals surface area contributed by atoms with Crippen molar-refractivity contribution in [1.82, 2.24) is 0 Å². The van der Waals surface area contributed by atoms with Gasteiger partial charge in [-0.15, -0.1) is 13.0 Å². The number of thioether (sulfide) groups is 1. The van der Waals surface area contributed by atoms with Crippen molar-refractivity contribution in [2.24, 2.45) is 5.92 Å². The molecule has 0 aliphatic heterocycles. The molecule has 1 unspecified atom stereocenters. The number of rotatable bonds is 9. The Morgan fingerprint density at radius 3 is 2.61 bits per heavy atom.